The zero-order chi connectivity index (χ0) is 21.3. The van der Waals surface area contributed by atoms with Crippen LogP contribution in [0.25, 0.3) is 5.57 Å². The number of amides is 2. The van der Waals surface area contributed by atoms with E-state index in [-0.39, 0.29) is 24.9 Å². The van der Waals surface area contributed by atoms with E-state index in [9.17, 15) is 18.4 Å². The highest BCUT2D eigenvalue weighted by molar-refractivity contribution is 5.82. The number of oxazole rings is 1. The normalized spacial score (nSPS) is 36.2. The molecule has 4 aliphatic carbocycles. The first-order valence-electron chi connectivity index (χ1n) is 10.8. The number of hydroxylamine groups is 2. The number of carbonyl (C=O) groups excluding carboxylic acids is 2. The van der Waals surface area contributed by atoms with Crippen molar-refractivity contribution in [3.63, 3.8) is 0 Å². The van der Waals surface area contributed by atoms with Gasteiger partial charge in [0.15, 0.2) is 0 Å². The van der Waals surface area contributed by atoms with Crippen LogP contribution < -0.4 is 0 Å². The molecule has 0 spiro atoms. The fraction of sp³-hybridized carbons (Fsp3) is 0.667. The Bertz CT molecular complexity index is 905. The second kappa shape index (κ2) is 6.75. The van der Waals surface area contributed by atoms with Gasteiger partial charge in [-0.1, -0.05) is 0 Å². The summed E-state index contributed by atoms with van der Waals surface area (Å²) >= 11 is 0. The maximum Gasteiger partial charge on any atom is 0.477 e. The van der Waals surface area contributed by atoms with Gasteiger partial charge in [0.25, 0.3) is 0 Å². The number of rotatable bonds is 5. The van der Waals surface area contributed by atoms with Gasteiger partial charge >= 0.3 is 18.1 Å². The second-order valence-electron chi connectivity index (χ2n) is 9.49. The van der Waals surface area contributed by atoms with Crippen molar-refractivity contribution in [2.75, 3.05) is 13.1 Å². The van der Waals surface area contributed by atoms with E-state index in [0.29, 0.717) is 28.4 Å². The average molecular weight is 435 g/mol. The maximum atomic E-state index is 14.7. The number of aromatic nitrogens is 1. The van der Waals surface area contributed by atoms with Crippen LogP contribution in [0, 0.1) is 23.7 Å². The molecule has 1 unspecified atom stereocenters. The van der Waals surface area contributed by atoms with E-state index in [1.807, 2.05) is 0 Å². The van der Waals surface area contributed by atoms with Gasteiger partial charge in [0.1, 0.15) is 12.4 Å². The van der Waals surface area contributed by atoms with Gasteiger partial charge in [-0.25, -0.2) is 14.6 Å². The molecule has 1 aromatic rings. The van der Waals surface area contributed by atoms with Crippen LogP contribution in [0.1, 0.15) is 38.0 Å². The average Bonchev–Trinajstić information content (AvgIpc) is 3.34. The lowest BCUT2D eigenvalue weighted by Gasteiger charge is -2.53. The van der Waals surface area contributed by atoms with Crippen LogP contribution in [-0.2, 0) is 14.4 Å². The van der Waals surface area contributed by atoms with Crippen molar-refractivity contribution in [3.8, 4) is 0 Å². The van der Waals surface area contributed by atoms with Gasteiger partial charge in [0, 0.05) is 12.1 Å². The standard InChI is InChI=1S/C21H23F2N3O5/c22-21(23,19(27)30-17-13-4-11-3-12(6-13)7-14(17)5-11)31-26-16-8-15(18-24-1-2-29-18)9-25(10-16)20(26)28/h1-2,8,11-14,16-17H,3-7,9-10H2. The van der Waals surface area contributed by atoms with Gasteiger partial charge in [-0.05, 0) is 61.9 Å². The summed E-state index contributed by atoms with van der Waals surface area (Å²) in [5.74, 6) is 0.175. The number of ether oxygens (including phenoxy) is 1. The molecule has 1 saturated heterocycles. The molecule has 2 aliphatic heterocycles. The van der Waals surface area contributed by atoms with E-state index in [1.165, 1.54) is 23.8 Å². The summed E-state index contributed by atoms with van der Waals surface area (Å²) in [6.07, 6.45) is 4.70. The highest BCUT2D eigenvalue weighted by atomic mass is 19.3. The van der Waals surface area contributed by atoms with Crippen molar-refractivity contribution >= 4 is 17.6 Å². The van der Waals surface area contributed by atoms with Gasteiger partial charge in [-0.2, -0.15) is 18.7 Å². The summed E-state index contributed by atoms with van der Waals surface area (Å²) in [4.78, 5) is 35.0. The number of halogens is 2. The fourth-order valence-electron chi connectivity index (χ4n) is 6.45. The molecule has 6 bridgehead atoms. The Morgan fingerprint density at radius 3 is 2.52 bits per heavy atom. The highest BCUT2D eigenvalue weighted by Gasteiger charge is 2.55. The Balaban J connectivity index is 1.15. The van der Waals surface area contributed by atoms with Gasteiger partial charge < -0.3 is 14.1 Å². The van der Waals surface area contributed by atoms with Crippen LogP contribution >= 0.6 is 0 Å². The highest BCUT2D eigenvalue weighted by Crippen LogP contribution is 2.55. The van der Waals surface area contributed by atoms with Crippen molar-refractivity contribution in [2.24, 2.45) is 23.7 Å². The Hall–Kier alpha value is -2.49. The molecule has 166 valence electrons. The van der Waals surface area contributed by atoms with Crippen molar-refractivity contribution in [2.45, 2.75) is 50.4 Å². The first-order valence-corrected chi connectivity index (χ1v) is 10.8. The summed E-state index contributed by atoms with van der Waals surface area (Å²) < 4.78 is 40.0. The van der Waals surface area contributed by atoms with Crippen LogP contribution in [0.3, 0.4) is 0 Å². The first kappa shape index (κ1) is 19.2. The van der Waals surface area contributed by atoms with E-state index in [4.69, 9.17) is 9.15 Å². The summed E-state index contributed by atoms with van der Waals surface area (Å²) in [5.41, 5.74) is 0.597. The minimum atomic E-state index is -4.25. The maximum absolute atomic E-state index is 14.7. The van der Waals surface area contributed by atoms with E-state index in [0.717, 1.165) is 25.7 Å². The quantitative estimate of drug-likeness (QED) is 0.661. The molecule has 4 saturated carbocycles. The van der Waals surface area contributed by atoms with Crippen molar-refractivity contribution in [1.29, 1.82) is 0 Å². The summed E-state index contributed by atoms with van der Waals surface area (Å²) in [7, 11) is 0. The minimum Gasteiger partial charge on any atom is -0.455 e. The fourth-order valence-corrected chi connectivity index (χ4v) is 6.45. The van der Waals surface area contributed by atoms with Crippen LogP contribution in [-0.4, -0.2) is 58.3 Å². The molecule has 7 rings (SSSR count). The SMILES string of the molecule is O=C1N2CC(c3ncco3)=CC(C2)N1OC(F)(F)C(=O)OC1C2CC3CC(C2)CC1C3. The molecule has 1 aromatic heterocycles. The third-order valence-corrected chi connectivity index (χ3v) is 7.46. The Morgan fingerprint density at radius 1 is 1.16 bits per heavy atom. The number of hydrogen-bond donors (Lipinski definition) is 0. The molecule has 0 N–H and O–H groups in total. The molecular formula is C21H23F2N3O5. The number of nitrogens with zero attached hydrogens (tertiary/aromatic N) is 3. The molecule has 6 aliphatic rings. The Kier molecular flexibility index (Phi) is 4.19. The Morgan fingerprint density at radius 2 is 1.87 bits per heavy atom. The third kappa shape index (κ3) is 3.14. The monoisotopic (exact) mass is 435 g/mol. The van der Waals surface area contributed by atoms with E-state index in [2.05, 4.69) is 9.82 Å². The lowest BCUT2D eigenvalue weighted by molar-refractivity contribution is -0.330. The van der Waals surface area contributed by atoms with Crippen molar-refractivity contribution < 1.29 is 32.4 Å². The van der Waals surface area contributed by atoms with Crippen molar-refractivity contribution in [3.05, 3.63) is 24.4 Å². The number of urea groups is 1. The molecule has 2 amide bonds. The van der Waals surface area contributed by atoms with E-state index >= 15 is 0 Å². The summed E-state index contributed by atoms with van der Waals surface area (Å²) in [5, 5.41) is 0.564. The molecular weight excluding hydrogens is 412 g/mol. The molecule has 10 heteroatoms. The van der Waals surface area contributed by atoms with Crippen molar-refractivity contribution in [1.82, 2.24) is 14.9 Å². The lowest BCUT2D eigenvalue weighted by Crippen LogP contribution is -2.52. The number of hydrogen-bond acceptors (Lipinski definition) is 6. The molecule has 0 radical (unpaired) electrons. The summed E-state index contributed by atoms with van der Waals surface area (Å²) in [6.45, 7) is 0.350. The number of fused-ring (bicyclic) bond motifs is 2. The zero-order valence-corrected chi connectivity index (χ0v) is 16.8. The predicted molar refractivity (Wildman–Crippen MR) is 100 cm³/mol. The van der Waals surface area contributed by atoms with Gasteiger partial charge in [0.2, 0.25) is 5.89 Å². The van der Waals surface area contributed by atoms with E-state index < -0.39 is 30.3 Å². The number of alkyl halides is 2. The van der Waals surface area contributed by atoms with Crippen LogP contribution in [0.2, 0.25) is 0 Å². The largest absolute Gasteiger partial charge is 0.477 e. The molecule has 1 atom stereocenters. The lowest BCUT2D eigenvalue weighted by atomic mass is 9.55. The predicted octanol–water partition coefficient (Wildman–Crippen LogP) is 3.07. The molecule has 0 aromatic carbocycles. The van der Waals surface area contributed by atoms with Gasteiger partial charge in [-0.15, -0.1) is 0 Å². The number of carbonyl (C=O) groups is 2. The second-order valence-corrected chi connectivity index (χ2v) is 9.49. The van der Waals surface area contributed by atoms with Gasteiger partial charge in [0.05, 0.1) is 18.8 Å². The number of esters is 1. The molecule has 3 heterocycles. The third-order valence-electron chi connectivity index (χ3n) is 7.46. The minimum absolute atomic E-state index is 0.154. The van der Waals surface area contributed by atoms with Gasteiger partial charge in [-0.3, -0.25) is 0 Å². The van der Waals surface area contributed by atoms with Crippen LogP contribution in [0.4, 0.5) is 13.6 Å². The topological polar surface area (TPSA) is 85.1 Å². The smallest absolute Gasteiger partial charge is 0.455 e. The van der Waals surface area contributed by atoms with Crippen LogP contribution in [0.15, 0.2) is 23.0 Å². The van der Waals surface area contributed by atoms with Crippen LogP contribution in [0.5, 0.6) is 0 Å². The molecule has 5 fully saturated rings. The molecule has 8 nitrogen and oxygen atoms in total. The van der Waals surface area contributed by atoms with E-state index in [1.54, 1.807) is 6.08 Å². The zero-order valence-electron chi connectivity index (χ0n) is 16.8. The first-order chi connectivity index (χ1) is 14.9. The summed E-state index contributed by atoms with van der Waals surface area (Å²) in [6, 6.07) is -1.51. The Labute approximate surface area is 177 Å². The molecule has 31 heavy (non-hydrogen) atoms.